The third-order valence-electron chi connectivity index (χ3n) is 4.54. The van der Waals surface area contributed by atoms with Crippen LogP contribution < -0.4 is 10.6 Å². The molecule has 0 bridgehead atoms. The predicted molar refractivity (Wildman–Crippen MR) is 115 cm³/mol. The van der Waals surface area contributed by atoms with E-state index in [0.717, 1.165) is 16.7 Å². The highest BCUT2D eigenvalue weighted by molar-refractivity contribution is 6.03. The minimum absolute atomic E-state index is 0.260. The van der Waals surface area contributed by atoms with Crippen LogP contribution in [0.4, 0.5) is 0 Å². The molecule has 3 rings (SSSR count). The smallest absolute Gasteiger partial charge is 0.268 e. The van der Waals surface area contributed by atoms with Crippen molar-refractivity contribution in [2.24, 2.45) is 0 Å². The van der Waals surface area contributed by atoms with E-state index in [-0.39, 0.29) is 23.6 Å². The molecule has 0 heterocycles. The van der Waals surface area contributed by atoms with Crippen molar-refractivity contribution in [2.45, 2.75) is 19.9 Å². The van der Waals surface area contributed by atoms with Crippen molar-refractivity contribution in [3.05, 3.63) is 119 Å². The fourth-order valence-electron chi connectivity index (χ4n) is 3.04. The summed E-state index contributed by atoms with van der Waals surface area (Å²) in [6.07, 6.45) is 0. The number of benzene rings is 3. The number of carbonyl (C=O) groups is 2. The number of allylic oxidation sites excluding steroid dienone is 1. The van der Waals surface area contributed by atoms with E-state index in [4.69, 9.17) is 0 Å². The normalized spacial score (nSPS) is 10.3. The Morgan fingerprint density at radius 3 is 1.59 bits per heavy atom. The lowest BCUT2D eigenvalue weighted by atomic mass is 9.98. The summed E-state index contributed by atoms with van der Waals surface area (Å²) >= 11 is 0. The summed E-state index contributed by atoms with van der Waals surface area (Å²) in [5.41, 5.74) is 3.42. The Labute approximate surface area is 171 Å². The van der Waals surface area contributed by atoms with Gasteiger partial charge in [-0.25, -0.2) is 0 Å². The van der Waals surface area contributed by atoms with Gasteiger partial charge in [-0.15, -0.1) is 0 Å². The SMILES string of the molecule is CC(C)=C(NC(=O)c1ccccc1)C(=O)NC(c1ccccc1)c1ccccc1. The minimum atomic E-state index is -0.327. The maximum absolute atomic E-state index is 13.1. The highest BCUT2D eigenvalue weighted by Gasteiger charge is 2.21. The van der Waals surface area contributed by atoms with Gasteiger partial charge < -0.3 is 10.6 Å². The Morgan fingerprint density at radius 2 is 1.14 bits per heavy atom. The first-order valence-electron chi connectivity index (χ1n) is 9.51. The van der Waals surface area contributed by atoms with E-state index in [2.05, 4.69) is 10.6 Å². The standard InChI is InChI=1S/C25H24N2O2/c1-18(2)22(26-24(28)21-16-10-5-11-17-21)25(29)27-23(19-12-6-3-7-13-19)20-14-8-4-9-15-20/h3-17,23H,1-2H3,(H,26,28)(H,27,29). The molecule has 0 atom stereocenters. The third kappa shape index (κ3) is 5.20. The van der Waals surface area contributed by atoms with E-state index in [1.807, 2.05) is 66.7 Å². The fraction of sp³-hybridized carbons (Fsp3) is 0.120. The van der Waals surface area contributed by atoms with Crippen LogP contribution in [0.3, 0.4) is 0 Å². The van der Waals surface area contributed by atoms with E-state index < -0.39 is 0 Å². The van der Waals surface area contributed by atoms with E-state index >= 15 is 0 Å². The number of rotatable bonds is 6. The second-order valence-corrected chi connectivity index (χ2v) is 6.92. The summed E-state index contributed by atoms with van der Waals surface area (Å²) in [5.74, 6) is -0.639. The van der Waals surface area contributed by atoms with Crippen LogP contribution in [0, 0.1) is 0 Å². The third-order valence-corrected chi connectivity index (χ3v) is 4.54. The molecule has 0 saturated carbocycles. The van der Waals surface area contributed by atoms with Crippen molar-refractivity contribution >= 4 is 11.8 Å². The molecule has 0 aromatic heterocycles. The van der Waals surface area contributed by atoms with Crippen LogP contribution in [0.25, 0.3) is 0 Å². The lowest BCUT2D eigenvalue weighted by molar-refractivity contribution is -0.118. The second kappa shape index (κ2) is 9.51. The summed E-state index contributed by atoms with van der Waals surface area (Å²) in [5, 5.41) is 5.85. The van der Waals surface area contributed by atoms with Crippen LogP contribution in [0.1, 0.15) is 41.4 Å². The van der Waals surface area contributed by atoms with Crippen LogP contribution in [0.5, 0.6) is 0 Å². The highest BCUT2D eigenvalue weighted by atomic mass is 16.2. The van der Waals surface area contributed by atoms with Gasteiger partial charge in [0.2, 0.25) is 0 Å². The molecule has 0 saturated heterocycles. The zero-order valence-electron chi connectivity index (χ0n) is 16.6. The van der Waals surface area contributed by atoms with Crippen molar-refractivity contribution in [1.82, 2.24) is 10.6 Å². The van der Waals surface area contributed by atoms with E-state index in [1.54, 1.807) is 38.1 Å². The van der Waals surface area contributed by atoms with Crippen molar-refractivity contribution in [3.8, 4) is 0 Å². The molecule has 0 fully saturated rings. The molecule has 0 aliphatic rings. The number of amides is 2. The molecule has 146 valence electrons. The van der Waals surface area contributed by atoms with E-state index in [1.165, 1.54) is 0 Å². The molecular weight excluding hydrogens is 360 g/mol. The van der Waals surface area contributed by atoms with Crippen molar-refractivity contribution in [1.29, 1.82) is 0 Å². The largest absolute Gasteiger partial charge is 0.340 e. The van der Waals surface area contributed by atoms with Crippen LogP contribution in [-0.2, 0) is 4.79 Å². The molecular formula is C25H24N2O2. The van der Waals surface area contributed by atoms with Gasteiger partial charge in [0.05, 0.1) is 6.04 Å². The summed E-state index contributed by atoms with van der Waals surface area (Å²) in [6.45, 7) is 3.61. The first-order valence-corrected chi connectivity index (χ1v) is 9.51. The molecule has 4 nitrogen and oxygen atoms in total. The molecule has 4 heteroatoms. The van der Waals surface area contributed by atoms with Gasteiger partial charge in [0.15, 0.2) is 0 Å². The van der Waals surface area contributed by atoms with Gasteiger partial charge in [0.1, 0.15) is 5.70 Å². The highest BCUT2D eigenvalue weighted by Crippen LogP contribution is 2.22. The molecule has 2 amide bonds. The Bertz CT molecular complexity index is 953. The number of hydrogen-bond acceptors (Lipinski definition) is 2. The van der Waals surface area contributed by atoms with Crippen molar-refractivity contribution in [3.63, 3.8) is 0 Å². The zero-order chi connectivity index (χ0) is 20.6. The van der Waals surface area contributed by atoms with Gasteiger partial charge in [0.25, 0.3) is 11.8 Å². The van der Waals surface area contributed by atoms with Gasteiger partial charge in [0, 0.05) is 5.56 Å². The molecule has 29 heavy (non-hydrogen) atoms. The van der Waals surface area contributed by atoms with Crippen LogP contribution >= 0.6 is 0 Å². The predicted octanol–water partition coefficient (Wildman–Crippen LogP) is 4.62. The van der Waals surface area contributed by atoms with Crippen LogP contribution in [0.15, 0.2) is 102 Å². The zero-order valence-corrected chi connectivity index (χ0v) is 16.6. The number of hydrogen-bond donors (Lipinski definition) is 2. The molecule has 0 radical (unpaired) electrons. The molecule has 3 aromatic rings. The molecule has 0 aliphatic carbocycles. The average molecular weight is 384 g/mol. The second-order valence-electron chi connectivity index (χ2n) is 6.92. The Hall–Kier alpha value is -3.66. The van der Waals surface area contributed by atoms with Crippen LogP contribution in [-0.4, -0.2) is 11.8 Å². The summed E-state index contributed by atoms with van der Waals surface area (Å²) in [7, 11) is 0. The van der Waals surface area contributed by atoms with Crippen molar-refractivity contribution < 1.29 is 9.59 Å². The molecule has 0 spiro atoms. The summed E-state index contributed by atoms with van der Waals surface area (Å²) in [4.78, 5) is 25.7. The van der Waals surface area contributed by atoms with Gasteiger partial charge >= 0.3 is 0 Å². The first kappa shape index (κ1) is 20.1. The lowest BCUT2D eigenvalue weighted by Gasteiger charge is -2.21. The first-order chi connectivity index (χ1) is 14.1. The van der Waals surface area contributed by atoms with E-state index in [9.17, 15) is 9.59 Å². The summed E-state index contributed by atoms with van der Waals surface area (Å²) in [6, 6.07) is 28.1. The van der Waals surface area contributed by atoms with Crippen molar-refractivity contribution in [2.75, 3.05) is 0 Å². The monoisotopic (exact) mass is 384 g/mol. The minimum Gasteiger partial charge on any atom is -0.340 e. The molecule has 0 aliphatic heterocycles. The average Bonchev–Trinajstić information content (AvgIpc) is 2.77. The molecule has 2 N–H and O–H groups in total. The van der Waals surface area contributed by atoms with E-state index in [0.29, 0.717) is 5.56 Å². The Morgan fingerprint density at radius 1 is 0.690 bits per heavy atom. The molecule has 3 aromatic carbocycles. The Kier molecular flexibility index (Phi) is 6.59. The fourth-order valence-corrected chi connectivity index (χ4v) is 3.04. The van der Waals surface area contributed by atoms with Gasteiger partial charge in [-0.3, -0.25) is 9.59 Å². The molecule has 0 unspecified atom stereocenters. The van der Waals surface area contributed by atoms with Crippen LogP contribution in [0.2, 0.25) is 0 Å². The van der Waals surface area contributed by atoms with Gasteiger partial charge in [-0.2, -0.15) is 0 Å². The van der Waals surface area contributed by atoms with Gasteiger partial charge in [-0.05, 0) is 42.7 Å². The topological polar surface area (TPSA) is 58.2 Å². The number of carbonyl (C=O) groups excluding carboxylic acids is 2. The summed E-state index contributed by atoms with van der Waals surface area (Å²) < 4.78 is 0. The van der Waals surface area contributed by atoms with Gasteiger partial charge in [-0.1, -0.05) is 78.9 Å². The maximum Gasteiger partial charge on any atom is 0.268 e. The maximum atomic E-state index is 13.1. The number of nitrogens with one attached hydrogen (secondary N) is 2. The Balaban J connectivity index is 1.85. The quantitative estimate of drug-likeness (QED) is 0.610. The lowest BCUT2D eigenvalue weighted by Crippen LogP contribution is -2.38.